The third-order valence-electron chi connectivity index (χ3n) is 4.13. The number of nitrogens with zero attached hydrogens (tertiary/aromatic N) is 5. The van der Waals surface area contributed by atoms with E-state index in [-0.39, 0.29) is 12.0 Å². The lowest BCUT2D eigenvalue weighted by Gasteiger charge is -2.37. The minimum atomic E-state index is -0.419. The molecule has 2 atom stereocenters. The van der Waals surface area contributed by atoms with Crippen LogP contribution in [-0.2, 0) is 4.74 Å². The number of carbonyl (C=O) groups is 1. The summed E-state index contributed by atoms with van der Waals surface area (Å²) in [6.45, 7) is 4.55. The largest absolute Gasteiger partial charge is 0.374 e. The summed E-state index contributed by atoms with van der Waals surface area (Å²) in [4.78, 5) is 23.4. The Bertz CT molecular complexity index is 854. The second-order valence-electron chi connectivity index (χ2n) is 5.79. The number of aromatic nitrogens is 4. The smallest absolute Gasteiger partial charge is 0.274 e. The van der Waals surface area contributed by atoms with Crippen molar-refractivity contribution in [3.63, 3.8) is 0 Å². The van der Waals surface area contributed by atoms with E-state index in [0.29, 0.717) is 30.6 Å². The lowest BCUT2D eigenvalue weighted by molar-refractivity contribution is -0.0602. The second kappa shape index (κ2) is 5.72. The molecule has 1 saturated heterocycles. The van der Waals surface area contributed by atoms with Gasteiger partial charge in [0.15, 0.2) is 5.82 Å². The molecule has 4 heterocycles. The van der Waals surface area contributed by atoms with Gasteiger partial charge in [0.05, 0.1) is 12.7 Å². The normalized spacial score (nSPS) is 21.3. The molecule has 24 heavy (non-hydrogen) atoms. The SMILES string of the molecule is Cc1noc([C@@H]2[C@@H](C)OCCN2C(=O)c2cn3ccccc3n2)n1. The summed E-state index contributed by atoms with van der Waals surface area (Å²) in [5.74, 6) is 0.745. The molecule has 0 aromatic carbocycles. The van der Waals surface area contributed by atoms with Crippen molar-refractivity contribution < 1.29 is 14.1 Å². The summed E-state index contributed by atoms with van der Waals surface area (Å²) in [5, 5.41) is 3.83. The highest BCUT2D eigenvalue weighted by molar-refractivity contribution is 5.93. The summed E-state index contributed by atoms with van der Waals surface area (Å²) >= 11 is 0. The zero-order valence-corrected chi connectivity index (χ0v) is 13.4. The molecule has 8 heteroatoms. The first-order valence-electron chi connectivity index (χ1n) is 7.80. The van der Waals surface area contributed by atoms with Crippen LogP contribution in [0.15, 0.2) is 35.1 Å². The van der Waals surface area contributed by atoms with Gasteiger partial charge in [-0.2, -0.15) is 4.98 Å². The number of pyridine rings is 1. The van der Waals surface area contributed by atoms with Crippen molar-refractivity contribution in [2.45, 2.75) is 26.0 Å². The van der Waals surface area contributed by atoms with E-state index in [9.17, 15) is 4.79 Å². The van der Waals surface area contributed by atoms with E-state index in [0.717, 1.165) is 5.65 Å². The highest BCUT2D eigenvalue weighted by Crippen LogP contribution is 2.29. The molecule has 0 N–H and O–H groups in total. The number of aryl methyl sites for hydroxylation is 1. The molecule has 0 spiro atoms. The van der Waals surface area contributed by atoms with Crippen LogP contribution in [0, 0.1) is 6.92 Å². The molecule has 1 amide bonds. The number of rotatable bonds is 2. The van der Waals surface area contributed by atoms with Gasteiger partial charge in [0.2, 0.25) is 0 Å². The number of fused-ring (bicyclic) bond motifs is 1. The van der Waals surface area contributed by atoms with Crippen LogP contribution in [0.4, 0.5) is 0 Å². The maximum Gasteiger partial charge on any atom is 0.274 e. The molecule has 3 aromatic rings. The Labute approximate surface area is 138 Å². The molecule has 3 aromatic heterocycles. The fraction of sp³-hybridized carbons (Fsp3) is 0.375. The zero-order valence-electron chi connectivity index (χ0n) is 13.4. The summed E-state index contributed by atoms with van der Waals surface area (Å²) < 4.78 is 12.8. The van der Waals surface area contributed by atoms with Gasteiger partial charge in [-0.05, 0) is 26.0 Å². The Morgan fingerprint density at radius 3 is 2.96 bits per heavy atom. The molecule has 0 unspecified atom stereocenters. The monoisotopic (exact) mass is 327 g/mol. The number of imidazole rings is 1. The molecule has 1 fully saturated rings. The van der Waals surface area contributed by atoms with Crippen LogP contribution in [0.2, 0.25) is 0 Å². The van der Waals surface area contributed by atoms with Gasteiger partial charge in [-0.1, -0.05) is 11.2 Å². The molecule has 1 aliphatic rings. The minimum absolute atomic E-state index is 0.172. The fourth-order valence-corrected chi connectivity index (χ4v) is 3.00. The van der Waals surface area contributed by atoms with Gasteiger partial charge in [0.25, 0.3) is 11.8 Å². The number of morpholine rings is 1. The van der Waals surface area contributed by atoms with Crippen molar-refractivity contribution in [1.29, 1.82) is 0 Å². The first-order valence-corrected chi connectivity index (χ1v) is 7.80. The summed E-state index contributed by atoms with van der Waals surface area (Å²) in [7, 11) is 0. The first kappa shape index (κ1) is 14.8. The van der Waals surface area contributed by atoms with Crippen LogP contribution in [0.25, 0.3) is 5.65 Å². The molecular formula is C16H17N5O3. The number of amides is 1. The van der Waals surface area contributed by atoms with Crippen LogP contribution < -0.4 is 0 Å². The second-order valence-corrected chi connectivity index (χ2v) is 5.79. The predicted octanol–water partition coefficient (Wildman–Crippen LogP) is 1.63. The maximum atomic E-state index is 13.0. The third-order valence-corrected chi connectivity index (χ3v) is 4.13. The van der Waals surface area contributed by atoms with E-state index >= 15 is 0 Å². The average molecular weight is 327 g/mol. The molecule has 0 bridgehead atoms. The van der Waals surface area contributed by atoms with Gasteiger partial charge < -0.3 is 18.6 Å². The number of hydrogen-bond acceptors (Lipinski definition) is 6. The molecule has 124 valence electrons. The number of ether oxygens (including phenoxy) is 1. The Morgan fingerprint density at radius 1 is 1.33 bits per heavy atom. The quantitative estimate of drug-likeness (QED) is 0.711. The average Bonchev–Trinajstić information content (AvgIpc) is 3.20. The summed E-state index contributed by atoms with van der Waals surface area (Å²) in [6.07, 6.45) is 3.35. The Kier molecular flexibility index (Phi) is 3.53. The van der Waals surface area contributed by atoms with E-state index in [4.69, 9.17) is 9.26 Å². The molecule has 8 nitrogen and oxygen atoms in total. The third kappa shape index (κ3) is 2.44. The van der Waals surface area contributed by atoms with E-state index in [1.807, 2.05) is 35.7 Å². The number of hydrogen-bond donors (Lipinski definition) is 0. The van der Waals surface area contributed by atoms with Crippen LogP contribution in [0.1, 0.15) is 35.2 Å². The van der Waals surface area contributed by atoms with Gasteiger partial charge in [-0.15, -0.1) is 0 Å². The van der Waals surface area contributed by atoms with E-state index in [1.165, 1.54) is 0 Å². The minimum Gasteiger partial charge on any atom is -0.374 e. The molecule has 0 radical (unpaired) electrons. The number of carbonyl (C=O) groups excluding carboxylic acids is 1. The van der Waals surface area contributed by atoms with Gasteiger partial charge in [-0.25, -0.2) is 4.98 Å². The molecule has 1 aliphatic heterocycles. The van der Waals surface area contributed by atoms with Gasteiger partial charge in [0, 0.05) is 18.9 Å². The van der Waals surface area contributed by atoms with Crippen molar-refractivity contribution in [2.24, 2.45) is 0 Å². The van der Waals surface area contributed by atoms with Gasteiger partial charge in [0.1, 0.15) is 17.4 Å². The standard InChI is InChI=1S/C16H17N5O3/c1-10-14(15-17-11(2)19-24-15)21(7-8-23-10)16(22)12-9-20-6-4-3-5-13(20)18-12/h3-6,9-10,14H,7-8H2,1-2H3/t10-,14+/m1/s1. The Hall–Kier alpha value is -2.74. The van der Waals surface area contributed by atoms with E-state index in [1.54, 1.807) is 18.0 Å². The lowest BCUT2D eigenvalue weighted by atomic mass is 10.1. The fourth-order valence-electron chi connectivity index (χ4n) is 3.00. The summed E-state index contributed by atoms with van der Waals surface area (Å²) in [6, 6.07) is 5.22. The molecular weight excluding hydrogens is 310 g/mol. The zero-order chi connectivity index (χ0) is 16.7. The van der Waals surface area contributed by atoms with Crippen molar-refractivity contribution in [2.75, 3.05) is 13.2 Å². The van der Waals surface area contributed by atoms with Gasteiger partial charge >= 0.3 is 0 Å². The molecule has 0 saturated carbocycles. The Balaban J connectivity index is 1.70. The topological polar surface area (TPSA) is 85.8 Å². The van der Waals surface area contributed by atoms with Crippen molar-refractivity contribution >= 4 is 11.6 Å². The Morgan fingerprint density at radius 2 is 2.21 bits per heavy atom. The highest BCUT2D eigenvalue weighted by Gasteiger charge is 2.38. The van der Waals surface area contributed by atoms with E-state index in [2.05, 4.69) is 15.1 Å². The first-order chi connectivity index (χ1) is 11.6. The lowest BCUT2D eigenvalue weighted by Crippen LogP contribution is -2.47. The molecule has 0 aliphatic carbocycles. The predicted molar refractivity (Wildman–Crippen MR) is 83.4 cm³/mol. The maximum absolute atomic E-state index is 13.0. The van der Waals surface area contributed by atoms with E-state index < -0.39 is 6.04 Å². The van der Waals surface area contributed by atoms with Crippen molar-refractivity contribution in [3.05, 3.63) is 48.0 Å². The van der Waals surface area contributed by atoms with Gasteiger partial charge in [-0.3, -0.25) is 4.79 Å². The van der Waals surface area contributed by atoms with Crippen LogP contribution >= 0.6 is 0 Å². The summed E-state index contributed by atoms with van der Waals surface area (Å²) in [5.41, 5.74) is 1.11. The molecule has 4 rings (SSSR count). The van der Waals surface area contributed by atoms with Crippen LogP contribution in [0.5, 0.6) is 0 Å². The highest BCUT2D eigenvalue weighted by atomic mass is 16.5. The van der Waals surface area contributed by atoms with Crippen molar-refractivity contribution in [1.82, 2.24) is 24.4 Å². The van der Waals surface area contributed by atoms with Crippen molar-refractivity contribution in [3.8, 4) is 0 Å². The van der Waals surface area contributed by atoms with Crippen LogP contribution in [-0.4, -0.2) is 49.6 Å². The van der Waals surface area contributed by atoms with Crippen LogP contribution in [0.3, 0.4) is 0 Å².